The van der Waals surface area contributed by atoms with Gasteiger partial charge in [-0.05, 0) is 31.4 Å². The average Bonchev–Trinajstić information content (AvgIpc) is 2.53. The number of thioether (sulfide) groups is 1. The Balaban J connectivity index is 2.01. The summed E-state index contributed by atoms with van der Waals surface area (Å²) in [4.78, 5) is 24.6. The van der Waals surface area contributed by atoms with Crippen LogP contribution < -0.4 is 10.6 Å². The molecule has 2 rings (SSSR count). The average molecular weight is 351 g/mol. The van der Waals surface area contributed by atoms with Crippen LogP contribution in [-0.2, 0) is 9.59 Å². The molecule has 0 spiro atoms. The van der Waals surface area contributed by atoms with Crippen LogP contribution in [0.15, 0.2) is 41.3 Å². The Morgan fingerprint density at radius 2 is 1.91 bits per heavy atom. The molecule has 2 amide bonds. The normalized spacial score (nSPS) is 12.0. The smallest absolute Gasteiger partial charge is 0.242 e. The van der Waals surface area contributed by atoms with Gasteiger partial charge in [0, 0.05) is 21.8 Å². The van der Waals surface area contributed by atoms with Crippen LogP contribution in [0, 0.1) is 0 Å². The second-order valence-corrected chi connectivity index (χ2v) is 6.49. The largest absolute Gasteiger partial charge is 0.355 e. The van der Waals surface area contributed by atoms with Crippen molar-refractivity contribution in [3.63, 3.8) is 0 Å². The Hall–Kier alpha value is -1.72. The minimum atomic E-state index is -0.542. The van der Waals surface area contributed by atoms with Crippen LogP contribution in [0.5, 0.6) is 0 Å². The number of rotatable bonds is 6. The first-order chi connectivity index (χ1) is 11.0. The third-order valence-electron chi connectivity index (χ3n) is 3.30. The molecule has 0 aliphatic heterocycles. The summed E-state index contributed by atoms with van der Waals surface area (Å²) < 4.78 is 0. The molecule has 122 valence electrons. The molecule has 0 heterocycles. The molecule has 0 saturated heterocycles. The number of halogens is 1. The molecule has 0 unspecified atom stereocenters. The molecule has 0 aromatic heterocycles. The van der Waals surface area contributed by atoms with E-state index < -0.39 is 6.04 Å². The minimum absolute atomic E-state index is 0.181. The van der Waals surface area contributed by atoms with Gasteiger partial charge in [0.15, 0.2) is 0 Å². The van der Waals surface area contributed by atoms with Crippen LogP contribution in [0.1, 0.15) is 13.8 Å². The summed E-state index contributed by atoms with van der Waals surface area (Å²) in [6.45, 7) is 4.05. The summed E-state index contributed by atoms with van der Waals surface area (Å²) in [5.41, 5.74) is 0. The van der Waals surface area contributed by atoms with Crippen molar-refractivity contribution < 1.29 is 9.59 Å². The number of carbonyl (C=O) groups is 2. The van der Waals surface area contributed by atoms with Crippen molar-refractivity contribution in [2.75, 3.05) is 12.3 Å². The first-order valence-electron chi connectivity index (χ1n) is 7.40. The lowest BCUT2D eigenvalue weighted by Gasteiger charge is -2.13. The van der Waals surface area contributed by atoms with E-state index in [4.69, 9.17) is 11.6 Å². The van der Waals surface area contributed by atoms with E-state index in [1.54, 1.807) is 6.92 Å². The summed E-state index contributed by atoms with van der Waals surface area (Å²) in [5.74, 6) is -0.134. The lowest BCUT2D eigenvalue weighted by Crippen LogP contribution is -2.45. The Labute approximate surface area is 145 Å². The van der Waals surface area contributed by atoms with Crippen molar-refractivity contribution in [2.45, 2.75) is 24.8 Å². The van der Waals surface area contributed by atoms with Gasteiger partial charge in [-0.2, -0.15) is 0 Å². The van der Waals surface area contributed by atoms with E-state index in [0.29, 0.717) is 11.6 Å². The van der Waals surface area contributed by atoms with Crippen LogP contribution in [0.2, 0.25) is 5.02 Å². The molecule has 1 atom stereocenters. The first-order valence-corrected chi connectivity index (χ1v) is 8.76. The number of hydrogen-bond acceptors (Lipinski definition) is 3. The van der Waals surface area contributed by atoms with Crippen LogP contribution in [0.3, 0.4) is 0 Å². The Kier molecular flexibility index (Phi) is 6.30. The number of amides is 2. The predicted molar refractivity (Wildman–Crippen MR) is 96.0 cm³/mol. The van der Waals surface area contributed by atoms with E-state index in [0.717, 1.165) is 15.7 Å². The zero-order valence-corrected chi connectivity index (χ0v) is 14.6. The van der Waals surface area contributed by atoms with Gasteiger partial charge in [0.05, 0.1) is 5.75 Å². The SMILES string of the molecule is CCNC(=O)[C@H](C)NC(=O)CSc1cccc2cccc(Cl)c12. The van der Waals surface area contributed by atoms with Crippen molar-refractivity contribution in [3.05, 3.63) is 41.4 Å². The minimum Gasteiger partial charge on any atom is -0.355 e. The fourth-order valence-electron chi connectivity index (χ4n) is 2.20. The molecule has 0 fully saturated rings. The van der Waals surface area contributed by atoms with Gasteiger partial charge in [0.25, 0.3) is 0 Å². The number of benzene rings is 2. The van der Waals surface area contributed by atoms with Gasteiger partial charge in [-0.25, -0.2) is 0 Å². The highest BCUT2D eigenvalue weighted by Gasteiger charge is 2.15. The maximum Gasteiger partial charge on any atom is 0.242 e. The predicted octanol–water partition coefficient (Wildman–Crippen LogP) is 3.23. The molecule has 6 heteroatoms. The molecular weight excluding hydrogens is 332 g/mol. The summed E-state index contributed by atoms with van der Waals surface area (Å²) in [6.07, 6.45) is 0. The molecule has 0 aliphatic carbocycles. The zero-order chi connectivity index (χ0) is 16.8. The molecule has 0 radical (unpaired) electrons. The maximum absolute atomic E-state index is 12.0. The van der Waals surface area contributed by atoms with Gasteiger partial charge >= 0.3 is 0 Å². The third kappa shape index (κ3) is 4.62. The van der Waals surface area contributed by atoms with E-state index >= 15 is 0 Å². The van der Waals surface area contributed by atoms with Crippen molar-refractivity contribution in [3.8, 4) is 0 Å². The Bertz CT molecular complexity index is 716. The molecule has 0 aliphatic rings. The van der Waals surface area contributed by atoms with Gasteiger partial charge in [-0.1, -0.05) is 35.9 Å². The van der Waals surface area contributed by atoms with Crippen molar-refractivity contribution in [1.82, 2.24) is 10.6 Å². The van der Waals surface area contributed by atoms with Crippen LogP contribution in [0.4, 0.5) is 0 Å². The first kappa shape index (κ1) is 17.6. The molecule has 4 nitrogen and oxygen atoms in total. The van der Waals surface area contributed by atoms with E-state index in [1.165, 1.54) is 11.8 Å². The number of hydrogen-bond donors (Lipinski definition) is 2. The molecule has 2 aromatic rings. The fraction of sp³-hybridized carbons (Fsp3) is 0.294. The summed E-state index contributed by atoms with van der Waals surface area (Å²) >= 11 is 7.68. The fourth-order valence-corrected chi connectivity index (χ4v) is 3.46. The molecule has 2 N–H and O–H groups in total. The lowest BCUT2D eigenvalue weighted by molar-refractivity contribution is -0.127. The van der Waals surface area contributed by atoms with Crippen molar-refractivity contribution in [2.24, 2.45) is 0 Å². The van der Waals surface area contributed by atoms with Crippen molar-refractivity contribution >= 4 is 45.9 Å². The maximum atomic E-state index is 12.0. The standard InChI is InChI=1S/C17H19ClN2O2S/c1-3-19-17(22)11(2)20-15(21)10-23-14-9-5-7-12-6-4-8-13(18)16(12)14/h4-9,11H,3,10H2,1-2H3,(H,19,22)(H,20,21)/t11-/m0/s1. The van der Waals surface area contributed by atoms with Crippen LogP contribution >= 0.6 is 23.4 Å². The highest BCUT2D eigenvalue weighted by Crippen LogP contribution is 2.32. The van der Waals surface area contributed by atoms with Gasteiger partial charge < -0.3 is 10.6 Å². The monoisotopic (exact) mass is 350 g/mol. The number of likely N-dealkylation sites (N-methyl/N-ethyl adjacent to an activating group) is 1. The van der Waals surface area contributed by atoms with E-state index in [1.807, 2.05) is 43.3 Å². The molecule has 0 saturated carbocycles. The molecule has 0 bridgehead atoms. The van der Waals surface area contributed by atoms with Gasteiger partial charge in [-0.15, -0.1) is 11.8 Å². The number of fused-ring (bicyclic) bond motifs is 1. The summed E-state index contributed by atoms with van der Waals surface area (Å²) in [7, 11) is 0. The topological polar surface area (TPSA) is 58.2 Å². The van der Waals surface area contributed by atoms with E-state index in [9.17, 15) is 9.59 Å². The zero-order valence-electron chi connectivity index (χ0n) is 13.1. The van der Waals surface area contributed by atoms with Gasteiger partial charge in [0.2, 0.25) is 11.8 Å². The van der Waals surface area contributed by atoms with E-state index in [-0.39, 0.29) is 17.6 Å². The Morgan fingerprint density at radius 1 is 1.22 bits per heavy atom. The van der Waals surface area contributed by atoms with Gasteiger partial charge in [-0.3, -0.25) is 9.59 Å². The van der Waals surface area contributed by atoms with Crippen LogP contribution in [0.25, 0.3) is 10.8 Å². The van der Waals surface area contributed by atoms with Crippen molar-refractivity contribution in [1.29, 1.82) is 0 Å². The second kappa shape index (κ2) is 8.22. The molecular formula is C17H19ClN2O2S. The van der Waals surface area contributed by atoms with Gasteiger partial charge in [0.1, 0.15) is 6.04 Å². The number of carbonyl (C=O) groups excluding carboxylic acids is 2. The highest BCUT2D eigenvalue weighted by atomic mass is 35.5. The summed E-state index contributed by atoms with van der Waals surface area (Å²) in [5, 5.41) is 8.03. The number of nitrogens with one attached hydrogen (secondary N) is 2. The molecule has 23 heavy (non-hydrogen) atoms. The summed E-state index contributed by atoms with van der Waals surface area (Å²) in [6, 6.07) is 11.1. The van der Waals surface area contributed by atoms with E-state index in [2.05, 4.69) is 10.6 Å². The lowest BCUT2D eigenvalue weighted by atomic mass is 10.1. The Morgan fingerprint density at radius 3 is 2.61 bits per heavy atom. The quantitative estimate of drug-likeness (QED) is 0.786. The van der Waals surface area contributed by atoms with Crippen LogP contribution in [-0.4, -0.2) is 30.2 Å². The second-order valence-electron chi connectivity index (χ2n) is 5.07. The highest BCUT2D eigenvalue weighted by molar-refractivity contribution is 8.00. The third-order valence-corrected chi connectivity index (χ3v) is 4.67. The molecule has 2 aromatic carbocycles.